The highest BCUT2D eigenvalue weighted by Gasteiger charge is 2.66. The monoisotopic (exact) mass is 266 g/mol. The van der Waals surface area contributed by atoms with E-state index in [-0.39, 0.29) is 16.9 Å². The molecule has 1 aliphatic heterocycles. The maximum atomic E-state index is 11.8. The van der Waals surface area contributed by atoms with Crippen LogP contribution in [0.4, 0.5) is 0 Å². The summed E-state index contributed by atoms with van der Waals surface area (Å²) in [6, 6.07) is 0. The van der Waals surface area contributed by atoms with Crippen molar-refractivity contribution in [1.29, 1.82) is 0 Å². The standard InChI is InChI=1S/C15H22O4/c1-9-12(16)19-11-10-13(2,7-8-15(9,11)18)5-4-6-14(10,3)17/h10-11,17-18H,1,4-8H2,2-3H3/t10?,11-,13-,14-,15+/m1/s1. The molecule has 4 heteroatoms. The Morgan fingerprint density at radius 3 is 2.58 bits per heavy atom. The minimum atomic E-state index is -1.29. The van der Waals surface area contributed by atoms with Crippen LogP contribution < -0.4 is 0 Å². The third-order valence-corrected chi connectivity index (χ3v) is 5.71. The fourth-order valence-electron chi connectivity index (χ4n) is 4.63. The van der Waals surface area contributed by atoms with Crippen molar-refractivity contribution in [1.82, 2.24) is 0 Å². The Labute approximate surface area is 113 Å². The molecule has 5 atom stereocenters. The van der Waals surface area contributed by atoms with E-state index in [2.05, 4.69) is 13.5 Å². The van der Waals surface area contributed by atoms with Gasteiger partial charge in [0.1, 0.15) is 11.7 Å². The van der Waals surface area contributed by atoms with Crippen LogP contribution in [0.2, 0.25) is 0 Å². The molecule has 2 N–H and O–H groups in total. The molecule has 0 radical (unpaired) electrons. The molecule has 0 aromatic carbocycles. The zero-order chi connectivity index (χ0) is 14.1. The predicted molar refractivity (Wildman–Crippen MR) is 69.3 cm³/mol. The van der Waals surface area contributed by atoms with Crippen LogP contribution in [0.25, 0.3) is 0 Å². The first kappa shape index (κ1) is 13.1. The quantitative estimate of drug-likeness (QED) is 0.515. The van der Waals surface area contributed by atoms with Crippen molar-refractivity contribution in [2.24, 2.45) is 11.3 Å². The summed E-state index contributed by atoms with van der Waals surface area (Å²) in [5.74, 6) is -0.742. The molecule has 0 spiro atoms. The van der Waals surface area contributed by atoms with Crippen LogP contribution in [0, 0.1) is 11.3 Å². The summed E-state index contributed by atoms with van der Waals surface area (Å²) in [5.41, 5.74) is -2.12. The van der Waals surface area contributed by atoms with Gasteiger partial charge in [0.25, 0.3) is 0 Å². The van der Waals surface area contributed by atoms with Gasteiger partial charge in [0, 0.05) is 5.92 Å². The summed E-state index contributed by atoms with van der Waals surface area (Å²) in [7, 11) is 0. The molecule has 0 bridgehead atoms. The van der Waals surface area contributed by atoms with Gasteiger partial charge in [0.05, 0.1) is 11.2 Å². The van der Waals surface area contributed by atoms with E-state index in [4.69, 9.17) is 4.74 Å². The lowest BCUT2D eigenvalue weighted by molar-refractivity contribution is -0.210. The number of ether oxygens (including phenoxy) is 1. The Kier molecular flexibility index (Phi) is 2.50. The average Bonchev–Trinajstić information content (AvgIpc) is 2.52. The fourth-order valence-corrected chi connectivity index (χ4v) is 4.63. The molecule has 106 valence electrons. The van der Waals surface area contributed by atoms with Gasteiger partial charge in [0.2, 0.25) is 0 Å². The molecule has 1 saturated heterocycles. The van der Waals surface area contributed by atoms with Gasteiger partial charge in [-0.25, -0.2) is 4.79 Å². The summed E-state index contributed by atoms with van der Waals surface area (Å²) in [6.07, 6.45) is 3.29. The Hall–Kier alpha value is -0.870. The molecule has 2 saturated carbocycles. The zero-order valence-corrected chi connectivity index (χ0v) is 11.6. The van der Waals surface area contributed by atoms with E-state index < -0.39 is 23.3 Å². The highest BCUT2D eigenvalue weighted by atomic mass is 16.6. The van der Waals surface area contributed by atoms with Crippen LogP contribution in [0.3, 0.4) is 0 Å². The van der Waals surface area contributed by atoms with Crippen molar-refractivity contribution in [3.05, 3.63) is 12.2 Å². The van der Waals surface area contributed by atoms with Gasteiger partial charge in [0.15, 0.2) is 0 Å². The Bertz CT molecular complexity index is 455. The third kappa shape index (κ3) is 1.56. The van der Waals surface area contributed by atoms with E-state index in [1.165, 1.54) is 0 Å². The molecule has 0 aromatic rings. The predicted octanol–water partition coefficient (Wildman–Crippen LogP) is 1.55. The highest BCUT2D eigenvalue weighted by molar-refractivity contribution is 5.93. The minimum absolute atomic E-state index is 0.0798. The molecule has 0 amide bonds. The van der Waals surface area contributed by atoms with Crippen molar-refractivity contribution in [3.63, 3.8) is 0 Å². The first-order valence-electron chi connectivity index (χ1n) is 7.06. The minimum Gasteiger partial charge on any atom is -0.455 e. The number of hydrogen-bond donors (Lipinski definition) is 2. The molecule has 3 aliphatic rings. The summed E-state index contributed by atoms with van der Waals surface area (Å²) in [5, 5.41) is 21.5. The van der Waals surface area contributed by atoms with Crippen molar-refractivity contribution in [3.8, 4) is 0 Å². The Morgan fingerprint density at radius 1 is 1.21 bits per heavy atom. The number of esters is 1. The highest BCUT2D eigenvalue weighted by Crippen LogP contribution is 2.59. The molecule has 0 aromatic heterocycles. The van der Waals surface area contributed by atoms with Gasteiger partial charge in [-0.3, -0.25) is 0 Å². The van der Waals surface area contributed by atoms with Gasteiger partial charge in [-0.05, 0) is 38.0 Å². The maximum absolute atomic E-state index is 11.8. The van der Waals surface area contributed by atoms with E-state index in [0.29, 0.717) is 12.8 Å². The second kappa shape index (κ2) is 3.61. The maximum Gasteiger partial charge on any atom is 0.336 e. The van der Waals surface area contributed by atoms with Crippen LogP contribution in [0.5, 0.6) is 0 Å². The molecule has 4 nitrogen and oxygen atoms in total. The lowest BCUT2D eigenvalue weighted by Gasteiger charge is -2.57. The number of hydrogen-bond acceptors (Lipinski definition) is 4. The largest absolute Gasteiger partial charge is 0.455 e. The Morgan fingerprint density at radius 2 is 1.89 bits per heavy atom. The van der Waals surface area contributed by atoms with Crippen LogP contribution in [-0.4, -0.2) is 33.5 Å². The van der Waals surface area contributed by atoms with Gasteiger partial charge in [-0.15, -0.1) is 0 Å². The zero-order valence-electron chi connectivity index (χ0n) is 11.6. The summed E-state index contributed by atoms with van der Waals surface area (Å²) >= 11 is 0. The number of fused-ring (bicyclic) bond motifs is 3. The molecule has 1 unspecified atom stereocenters. The smallest absolute Gasteiger partial charge is 0.336 e. The number of rotatable bonds is 0. The van der Waals surface area contributed by atoms with Gasteiger partial charge in [-0.1, -0.05) is 19.9 Å². The topological polar surface area (TPSA) is 66.8 Å². The number of carbonyl (C=O) groups excluding carboxylic acids is 1. The molecule has 2 aliphatic carbocycles. The second-order valence-corrected chi connectivity index (χ2v) is 7.07. The van der Waals surface area contributed by atoms with E-state index in [9.17, 15) is 15.0 Å². The summed E-state index contributed by atoms with van der Waals surface area (Å²) in [4.78, 5) is 11.8. The lowest BCUT2D eigenvalue weighted by atomic mass is 9.51. The summed E-state index contributed by atoms with van der Waals surface area (Å²) < 4.78 is 5.40. The van der Waals surface area contributed by atoms with E-state index in [0.717, 1.165) is 19.3 Å². The fraction of sp³-hybridized carbons (Fsp3) is 0.800. The van der Waals surface area contributed by atoms with Crippen molar-refractivity contribution < 1.29 is 19.7 Å². The van der Waals surface area contributed by atoms with Crippen LogP contribution in [0.1, 0.15) is 46.0 Å². The van der Waals surface area contributed by atoms with E-state index in [1.807, 2.05) is 0 Å². The van der Waals surface area contributed by atoms with E-state index >= 15 is 0 Å². The average molecular weight is 266 g/mol. The number of aliphatic hydroxyl groups is 2. The molecule has 3 fully saturated rings. The first-order valence-corrected chi connectivity index (χ1v) is 7.06. The van der Waals surface area contributed by atoms with Crippen LogP contribution in [-0.2, 0) is 9.53 Å². The number of carbonyl (C=O) groups is 1. The van der Waals surface area contributed by atoms with Crippen LogP contribution >= 0.6 is 0 Å². The van der Waals surface area contributed by atoms with Gasteiger partial charge >= 0.3 is 5.97 Å². The van der Waals surface area contributed by atoms with Gasteiger partial charge in [-0.2, -0.15) is 0 Å². The van der Waals surface area contributed by atoms with E-state index in [1.54, 1.807) is 6.92 Å². The second-order valence-electron chi connectivity index (χ2n) is 7.07. The third-order valence-electron chi connectivity index (χ3n) is 5.71. The SMILES string of the molecule is C=C1C(=O)O[C@@H]2C3[C@](C)(CCC[C@@]3(C)O)CC[C@]12O. The summed E-state index contributed by atoms with van der Waals surface area (Å²) in [6.45, 7) is 7.63. The molecular weight excluding hydrogens is 244 g/mol. The lowest BCUT2D eigenvalue weighted by Crippen LogP contribution is -2.63. The first-order chi connectivity index (χ1) is 8.71. The Balaban J connectivity index is 2.07. The molecule has 19 heavy (non-hydrogen) atoms. The van der Waals surface area contributed by atoms with Crippen molar-refractivity contribution in [2.75, 3.05) is 0 Å². The normalized spacial score (nSPS) is 53.5. The van der Waals surface area contributed by atoms with Crippen LogP contribution in [0.15, 0.2) is 12.2 Å². The molecule has 3 rings (SSSR count). The van der Waals surface area contributed by atoms with Crippen molar-refractivity contribution in [2.45, 2.75) is 63.3 Å². The van der Waals surface area contributed by atoms with Gasteiger partial charge < -0.3 is 14.9 Å². The molecular formula is C15H22O4. The molecule has 1 heterocycles. The van der Waals surface area contributed by atoms with Crippen molar-refractivity contribution >= 4 is 5.97 Å².